The SMILES string of the molecule is CCOC(=O)CCNC(=O)Oc1ccc2c(c1)c1cc3c(C(=O)NCCN(C)C)nccc3c(C)c1n2C. The lowest BCUT2D eigenvalue weighted by molar-refractivity contribution is -0.142. The topological polar surface area (TPSA) is 115 Å². The second-order valence-corrected chi connectivity index (χ2v) is 9.32. The van der Waals surface area contributed by atoms with Crippen LogP contribution in [0.3, 0.4) is 0 Å². The molecule has 2 amide bonds. The van der Waals surface area contributed by atoms with Crippen molar-refractivity contribution in [3.8, 4) is 5.75 Å². The number of likely N-dealkylation sites (N-methyl/N-ethyl adjacent to an activating group) is 1. The number of nitrogens with zero attached hydrogens (tertiary/aromatic N) is 3. The third-order valence-electron chi connectivity index (χ3n) is 6.42. The van der Waals surface area contributed by atoms with Gasteiger partial charge in [-0.15, -0.1) is 0 Å². The van der Waals surface area contributed by atoms with Crippen molar-refractivity contribution in [3.63, 3.8) is 0 Å². The summed E-state index contributed by atoms with van der Waals surface area (Å²) in [7, 11) is 5.89. The van der Waals surface area contributed by atoms with Gasteiger partial charge in [-0.05, 0) is 69.2 Å². The van der Waals surface area contributed by atoms with Gasteiger partial charge in [-0.3, -0.25) is 14.6 Å². The summed E-state index contributed by atoms with van der Waals surface area (Å²) in [6, 6.07) is 9.34. The molecule has 0 saturated heterocycles. The van der Waals surface area contributed by atoms with Crippen LogP contribution < -0.4 is 15.4 Å². The minimum atomic E-state index is -0.656. The molecule has 0 aliphatic rings. The Balaban J connectivity index is 1.67. The van der Waals surface area contributed by atoms with Gasteiger partial charge in [-0.25, -0.2) is 4.79 Å². The fraction of sp³-hybridized carbons (Fsp3) is 0.357. The monoisotopic (exact) mass is 519 g/mol. The normalized spacial score (nSPS) is 11.3. The highest BCUT2D eigenvalue weighted by molar-refractivity contribution is 6.17. The van der Waals surface area contributed by atoms with Crippen LogP contribution in [0.4, 0.5) is 4.79 Å². The molecule has 2 aromatic carbocycles. The van der Waals surface area contributed by atoms with Crippen LogP contribution in [-0.4, -0.2) is 72.8 Å². The van der Waals surface area contributed by atoms with E-state index in [0.717, 1.165) is 44.7 Å². The van der Waals surface area contributed by atoms with Crippen molar-refractivity contribution >= 4 is 50.5 Å². The van der Waals surface area contributed by atoms with E-state index >= 15 is 0 Å². The minimum Gasteiger partial charge on any atom is -0.466 e. The first-order valence-electron chi connectivity index (χ1n) is 12.6. The molecule has 0 saturated carbocycles. The number of rotatable bonds is 9. The van der Waals surface area contributed by atoms with Gasteiger partial charge in [0.1, 0.15) is 11.4 Å². The Bertz CT molecular complexity index is 1530. The summed E-state index contributed by atoms with van der Waals surface area (Å²) >= 11 is 0. The van der Waals surface area contributed by atoms with E-state index in [9.17, 15) is 14.4 Å². The van der Waals surface area contributed by atoms with Gasteiger partial charge in [0.15, 0.2) is 0 Å². The summed E-state index contributed by atoms with van der Waals surface area (Å²) in [5.74, 6) is -0.239. The third-order valence-corrected chi connectivity index (χ3v) is 6.42. The maximum Gasteiger partial charge on any atom is 0.412 e. The lowest BCUT2D eigenvalue weighted by Gasteiger charge is -2.12. The maximum atomic E-state index is 13.0. The third kappa shape index (κ3) is 5.55. The molecule has 4 aromatic rings. The van der Waals surface area contributed by atoms with E-state index in [1.165, 1.54) is 0 Å². The van der Waals surface area contributed by atoms with Crippen LogP contribution in [0.25, 0.3) is 32.6 Å². The number of nitrogens with one attached hydrogen (secondary N) is 2. The number of carbonyl (C=O) groups is 3. The highest BCUT2D eigenvalue weighted by Crippen LogP contribution is 2.37. The molecule has 10 nitrogen and oxygen atoms in total. The van der Waals surface area contributed by atoms with Gasteiger partial charge in [0.2, 0.25) is 0 Å². The Kier molecular flexibility index (Phi) is 8.11. The average molecular weight is 520 g/mol. The van der Waals surface area contributed by atoms with Crippen molar-refractivity contribution < 1.29 is 23.9 Å². The fourth-order valence-corrected chi connectivity index (χ4v) is 4.63. The second-order valence-electron chi connectivity index (χ2n) is 9.32. The number of benzene rings is 2. The molecule has 0 radical (unpaired) electrons. The van der Waals surface area contributed by atoms with Gasteiger partial charge in [-0.2, -0.15) is 0 Å². The highest BCUT2D eigenvalue weighted by Gasteiger charge is 2.19. The maximum absolute atomic E-state index is 13.0. The average Bonchev–Trinajstić information content (AvgIpc) is 3.15. The number of hydrogen-bond acceptors (Lipinski definition) is 7. The first-order valence-corrected chi connectivity index (χ1v) is 12.6. The van der Waals surface area contributed by atoms with E-state index in [1.807, 2.05) is 51.2 Å². The van der Waals surface area contributed by atoms with Gasteiger partial charge < -0.3 is 29.6 Å². The number of aryl methyl sites for hydroxylation is 2. The van der Waals surface area contributed by atoms with Crippen molar-refractivity contribution in [2.45, 2.75) is 20.3 Å². The molecule has 38 heavy (non-hydrogen) atoms. The smallest absolute Gasteiger partial charge is 0.412 e. The Morgan fingerprint density at radius 2 is 1.79 bits per heavy atom. The minimum absolute atomic E-state index is 0.0662. The molecule has 2 heterocycles. The molecule has 10 heteroatoms. The zero-order valence-electron chi connectivity index (χ0n) is 22.4. The van der Waals surface area contributed by atoms with E-state index in [1.54, 1.807) is 25.3 Å². The van der Waals surface area contributed by atoms with E-state index in [-0.39, 0.29) is 24.8 Å². The predicted molar refractivity (Wildman–Crippen MR) is 147 cm³/mol. The number of amides is 2. The molecule has 0 fully saturated rings. The quantitative estimate of drug-likeness (QED) is 0.325. The molecule has 2 N–H and O–H groups in total. The summed E-state index contributed by atoms with van der Waals surface area (Å²) in [6.45, 7) is 5.41. The molecule has 200 valence electrons. The molecular formula is C28H33N5O5. The lowest BCUT2D eigenvalue weighted by atomic mass is 10.00. The van der Waals surface area contributed by atoms with Crippen molar-refractivity contribution in [3.05, 3.63) is 47.8 Å². The van der Waals surface area contributed by atoms with E-state index in [2.05, 4.69) is 20.2 Å². The first kappa shape index (κ1) is 26.9. The van der Waals surface area contributed by atoms with Gasteiger partial charge in [0.25, 0.3) is 5.91 Å². The number of ether oxygens (including phenoxy) is 2. The van der Waals surface area contributed by atoms with E-state index < -0.39 is 6.09 Å². The van der Waals surface area contributed by atoms with Gasteiger partial charge in [0.05, 0.1) is 18.5 Å². The molecular weight excluding hydrogens is 486 g/mol. The number of fused-ring (bicyclic) bond motifs is 4. The summed E-state index contributed by atoms with van der Waals surface area (Å²) in [5, 5.41) is 9.04. The number of aromatic nitrogens is 2. The largest absolute Gasteiger partial charge is 0.466 e. The summed E-state index contributed by atoms with van der Waals surface area (Å²) in [5.41, 5.74) is 3.38. The van der Waals surface area contributed by atoms with Crippen LogP contribution in [0.15, 0.2) is 36.5 Å². The molecule has 0 bridgehead atoms. The van der Waals surface area contributed by atoms with Crippen molar-refractivity contribution in [2.24, 2.45) is 7.05 Å². The molecule has 2 aromatic heterocycles. The molecule has 4 rings (SSSR count). The Morgan fingerprint density at radius 1 is 1.00 bits per heavy atom. The zero-order chi connectivity index (χ0) is 27.4. The number of carbonyl (C=O) groups excluding carboxylic acids is 3. The Morgan fingerprint density at radius 3 is 2.53 bits per heavy atom. The van der Waals surface area contributed by atoms with E-state index in [0.29, 0.717) is 24.6 Å². The van der Waals surface area contributed by atoms with Gasteiger partial charge in [-0.1, -0.05) is 0 Å². The second kappa shape index (κ2) is 11.5. The lowest BCUT2D eigenvalue weighted by Crippen LogP contribution is -2.31. The van der Waals surface area contributed by atoms with Crippen molar-refractivity contribution in [1.29, 1.82) is 0 Å². The molecule has 0 spiro atoms. The first-order chi connectivity index (χ1) is 18.2. The molecule has 0 unspecified atom stereocenters. The highest BCUT2D eigenvalue weighted by atomic mass is 16.6. The number of hydrogen-bond donors (Lipinski definition) is 2. The molecule has 0 atom stereocenters. The zero-order valence-corrected chi connectivity index (χ0v) is 22.4. The van der Waals surface area contributed by atoms with E-state index in [4.69, 9.17) is 9.47 Å². The van der Waals surface area contributed by atoms with Crippen LogP contribution in [-0.2, 0) is 16.6 Å². The standard InChI is InChI=1S/C28H33N5O5/c1-6-37-24(34)10-12-31-28(36)38-18-7-8-23-20(15-18)22-16-21-19(17(2)26(22)33(23)5)9-11-29-25(21)27(35)30-13-14-32(3)4/h7-9,11,15-16H,6,10,12-14H2,1-5H3,(H,30,35)(H,31,36). The summed E-state index contributed by atoms with van der Waals surface area (Å²) in [6.07, 6.45) is 1.07. The number of esters is 1. The fourth-order valence-electron chi connectivity index (χ4n) is 4.63. The molecule has 0 aliphatic carbocycles. The Labute approximate surface area is 220 Å². The number of pyridine rings is 1. The summed E-state index contributed by atoms with van der Waals surface area (Å²) < 4.78 is 12.4. The van der Waals surface area contributed by atoms with Crippen LogP contribution in [0.2, 0.25) is 0 Å². The van der Waals surface area contributed by atoms with Crippen LogP contribution in [0, 0.1) is 6.92 Å². The Hall–Kier alpha value is -4.18. The van der Waals surface area contributed by atoms with Crippen molar-refractivity contribution in [2.75, 3.05) is 40.3 Å². The van der Waals surface area contributed by atoms with Gasteiger partial charge >= 0.3 is 12.1 Å². The van der Waals surface area contributed by atoms with Crippen LogP contribution >= 0.6 is 0 Å². The van der Waals surface area contributed by atoms with Crippen molar-refractivity contribution in [1.82, 2.24) is 25.1 Å². The molecule has 0 aliphatic heterocycles. The van der Waals surface area contributed by atoms with Crippen LogP contribution in [0.1, 0.15) is 29.4 Å². The summed E-state index contributed by atoms with van der Waals surface area (Å²) in [4.78, 5) is 43.2. The van der Waals surface area contributed by atoms with Crippen LogP contribution in [0.5, 0.6) is 5.75 Å². The van der Waals surface area contributed by atoms with Gasteiger partial charge in [0, 0.05) is 54.6 Å². The predicted octanol–water partition coefficient (Wildman–Crippen LogP) is 3.52.